The largest absolute Gasteiger partial charge is 0.460 e. The number of carbonyl (C=O) groups is 1. The van der Waals surface area contributed by atoms with Gasteiger partial charge in [-0.1, -0.05) is 6.07 Å². The molecule has 3 aromatic rings. The second-order valence-electron chi connectivity index (χ2n) is 8.09. The standard InChI is InChI=1S/C22H26N6O4S/c1-15(29)32-17(11-33-22-20-21(24-12-23-20)25-13-26-22)10-28-6-4-27(5-7-28)9-16-2-3-18-19(8-16)31-14-30-18/h2-3,8,12-13,17H,4-7,9-11,14H2,1H3,(H,23,24,25,26). The van der Waals surface area contributed by atoms with Crippen LogP contribution < -0.4 is 9.47 Å². The van der Waals surface area contributed by atoms with Gasteiger partial charge in [0.25, 0.3) is 0 Å². The molecule has 2 aliphatic rings. The molecular weight excluding hydrogens is 444 g/mol. The molecule has 1 aromatic carbocycles. The molecule has 1 saturated heterocycles. The summed E-state index contributed by atoms with van der Waals surface area (Å²) in [5, 5.41) is 0.809. The highest BCUT2D eigenvalue weighted by Crippen LogP contribution is 2.33. The summed E-state index contributed by atoms with van der Waals surface area (Å²) in [6.45, 7) is 7.08. The van der Waals surface area contributed by atoms with Gasteiger partial charge >= 0.3 is 5.97 Å². The van der Waals surface area contributed by atoms with E-state index in [0.29, 0.717) is 24.7 Å². The zero-order chi connectivity index (χ0) is 22.6. The first-order valence-corrected chi connectivity index (χ1v) is 11.9. The third-order valence-electron chi connectivity index (χ3n) is 5.70. The van der Waals surface area contributed by atoms with Crippen LogP contribution in [0.4, 0.5) is 0 Å². The highest BCUT2D eigenvalue weighted by atomic mass is 32.2. The van der Waals surface area contributed by atoms with Gasteiger partial charge in [-0.25, -0.2) is 15.0 Å². The minimum absolute atomic E-state index is 0.221. The zero-order valence-electron chi connectivity index (χ0n) is 18.4. The first-order valence-electron chi connectivity index (χ1n) is 10.9. The van der Waals surface area contributed by atoms with Crippen LogP contribution in [0.3, 0.4) is 0 Å². The van der Waals surface area contributed by atoms with E-state index < -0.39 is 0 Å². The summed E-state index contributed by atoms with van der Waals surface area (Å²) < 4.78 is 16.5. The fourth-order valence-electron chi connectivity index (χ4n) is 4.10. The first-order chi connectivity index (χ1) is 16.1. The number of esters is 1. The number of aromatic nitrogens is 4. The number of carbonyl (C=O) groups excluding carboxylic acids is 1. The fourth-order valence-corrected chi connectivity index (χ4v) is 5.03. The summed E-state index contributed by atoms with van der Waals surface area (Å²) in [5.41, 5.74) is 2.66. The average Bonchev–Trinajstić information content (AvgIpc) is 3.47. The van der Waals surface area contributed by atoms with Crippen molar-refractivity contribution >= 4 is 28.9 Å². The Morgan fingerprint density at radius 2 is 1.97 bits per heavy atom. The van der Waals surface area contributed by atoms with E-state index >= 15 is 0 Å². The molecule has 0 amide bonds. The van der Waals surface area contributed by atoms with Gasteiger partial charge in [0.1, 0.15) is 23.0 Å². The molecule has 174 valence electrons. The molecule has 1 atom stereocenters. The molecule has 1 unspecified atom stereocenters. The lowest BCUT2D eigenvalue weighted by atomic mass is 10.1. The number of hydrogen-bond donors (Lipinski definition) is 1. The zero-order valence-corrected chi connectivity index (χ0v) is 19.2. The molecular formula is C22H26N6O4S. The molecule has 5 rings (SSSR count). The number of H-pyrrole nitrogens is 1. The van der Waals surface area contributed by atoms with Crippen LogP contribution >= 0.6 is 11.8 Å². The Morgan fingerprint density at radius 3 is 2.82 bits per heavy atom. The van der Waals surface area contributed by atoms with E-state index in [9.17, 15) is 4.79 Å². The molecule has 11 heteroatoms. The molecule has 4 heterocycles. The fraction of sp³-hybridized carbons (Fsp3) is 0.455. The number of nitrogens with one attached hydrogen (secondary N) is 1. The van der Waals surface area contributed by atoms with Gasteiger partial charge in [0, 0.05) is 51.9 Å². The molecule has 0 saturated carbocycles. The van der Waals surface area contributed by atoms with Crippen LogP contribution in [0.1, 0.15) is 12.5 Å². The third-order valence-corrected chi connectivity index (χ3v) is 6.82. The summed E-state index contributed by atoms with van der Waals surface area (Å²) in [4.78, 5) is 32.2. The molecule has 0 spiro atoms. The highest BCUT2D eigenvalue weighted by molar-refractivity contribution is 7.99. The van der Waals surface area contributed by atoms with Gasteiger partial charge in [-0.3, -0.25) is 14.6 Å². The number of piperazine rings is 1. The van der Waals surface area contributed by atoms with Gasteiger partial charge in [-0.15, -0.1) is 11.8 Å². The minimum Gasteiger partial charge on any atom is -0.460 e. The van der Waals surface area contributed by atoms with E-state index in [4.69, 9.17) is 14.2 Å². The topological polar surface area (TPSA) is 106 Å². The van der Waals surface area contributed by atoms with Gasteiger partial charge in [0.05, 0.1) is 6.33 Å². The Kier molecular flexibility index (Phi) is 6.60. The van der Waals surface area contributed by atoms with Crippen LogP contribution in [0.5, 0.6) is 11.5 Å². The lowest BCUT2D eigenvalue weighted by Crippen LogP contribution is -2.49. The van der Waals surface area contributed by atoms with Crippen molar-refractivity contribution in [2.75, 3.05) is 45.3 Å². The van der Waals surface area contributed by atoms with Crippen LogP contribution in [0, 0.1) is 0 Å². The van der Waals surface area contributed by atoms with Crippen molar-refractivity contribution in [2.45, 2.75) is 24.6 Å². The number of hydrogen-bond acceptors (Lipinski definition) is 10. The number of fused-ring (bicyclic) bond motifs is 2. The maximum absolute atomic E-state index is 11.7. The van der Waals surface area contributed by atoms with Gasteiger partial charge in [-0.2, -0.15) is 0 Å². The second-order valence-corrected chi connectivity index (χ2v) is 9.10. The smallest absolute Gasteiger partial charge is 0.302 e. The normalized spacial score (nSPS) is 17.4. The maximum Gasteiger partial charge on any atom is 0.302 e. The second kappa shape index (κ2) is 9.94. The van der Waals surface area contributed by atoms with Crippen molar-refractivity contribution in [3.63, 3.8) is 0 Å². The number of benzene rings is 1. The van der Waals surface area contributed by atoms with Crippen molar-refractivity contribution in [3.8, 4) is 11.5 Å². The van der Waals surface area contributed by atoms with Crippen LogP contribution in [-0.4, -0.2) is 87.1 Å². The molecule has 0 bridgehead atoms. The van der Waals surface area contributed by atoms with Crippen molar-refractivity contribution in [3.05, 3.63) is 36.4 Å². The molecule has 0 radical (unpaired) electrons. The van der Waals surface area contributed by atoms with Crippen molar-refractivity contribution < 1.29 is 19.0 Å². The Morgan fingerprint density at radius 1 is 1.15 bits per heavy atom. The molecule has 1 N–H and O–H groups in total. The number of imidazole rings is 1. The lowest BCUT2D eigenvalue weighted by molar-refractivity contribution is -0.146. The maximum atomic E-state index is 11.7. The minimum atomic E-state index is -0.267. The van der Waals surface area contributed by atoms with E-state index in [1.807, 2.05) is 6.07 Å². The van der Waals surface area contributed by atoms with E-state index in [1.165, 1.54) is 18.8 Å². The van der Waals surface area contributed by atoms with Crippen LogP contribution in [0.2, 0.25) is 0 Å². The quantitative estimate of drug-likeness (QED) is 0.298. The summed E-state index contributed by atoms with van der Waals surface area (Å²) in [6.07, 6.45) is 2.89. The summed E-state index contributed by atoms with van der Waals surface area (Å²) >= 11 is 1.55. The van der Waals surface area contributed by atoms with E-state index in [0.717, 1.165) is 54.8 Å². The van der Waals surface area contributed by atoms with Crippen LogP contribution in [0.25, 0.3) is 11.2 Å². The number of rotatable bonds is 8. The van der Waals surface area contributed by atoms with Crippen molar-refractivity contribution in [1.29, 1.82) is 0 Å². The first kappa shape index (κ1) is 21.9. The van der Waals surface area contributed by atoms with Crippen LogP contribution in [0.15, 0.2) is 35.9 Å². The van der Waals surface area contributed by atoms with Crippen LogP contribution in [-0.2, 0) is 16.1 Å². The molecule has 0 aliphatic carbocycles. The van der Waals surface area contributed by atoms with Crippen molar-refractivity contribution in [2.24, 2.45) is 0 Å². The predicted molar refractivity (Wildman–Crippen MR) is 122 cm³/mol. The Balaban J connectivity index is 1.13. The van der Waals surface area contributed by atoms with E-state index in [1.54, 1.807) is 18.1 Å². The molecule has 10 nitrogen and oxygen atoms in total. The van der Waals surface area contributed by atoms with Crippen molar-refractivity contribution in [1.82, 2.24) is 29.7 Å². The summed E-state index contributed by atoms with van der Waals surface area (Å²) in [7, 11) is 0. The molecule has 2 aromatic heterocycles. The Hall–Kier alpha value is -2.89. The predicted octanol–water partition coefficient (Wildman–Crippen LogP) is 1.92. The Bertz CT molecular complexity index is 1120. The summed E-state index contributed by atoms with van der Waals surface area (Å²) in [5.74, 6) is 1.98. The van der Waals surface area contributed by atoms with Gasteiger partial charge in [-0.05, 0) is 17.7 Å². The average molecular weight is 471 g/mol. The lowest BCUT2D eigenvalue weighted by Gasteiger charge is -2.36. The molecule has 33 heavy (non-hydrogen) atoms. The molecule has 2 aliphatic heterocycles. The van der Waals surface area contributed by atoms with E-state index in [-0.39, 0.29) is 12.1 Å². The number of ether oxygens (including phenoxy) is 3. The Labute approximate surface area is 195 Å². The summed E-state index contributed by atoms with van der Waals surface area (Å²) in [6, 6.07) is 6.13. The van der Waals surface area contributed by atoms with Gasteiger partial charge in [0.15, 0.2) is 17.1 Å². The monoisotopic (exact) mass is 470 g/mol. The highest BCUT2D eigenvalue weighted by Gasteiger charge is 2.23. The number of nitrogens with zero attached hydrogens (tertiary/aromatic N) is 5. The SMILES string of the molecule is CC(=O)OC(CSc1ncnc2nc[nH]c12)CN1CCN(Cc2ccc3c(c2)OCO3)CC1. The van der Waals surface area contributed by atoms with Gasteiger partial charge < -0.3 is 19.2 Å². The number of aromatic amines is 1. The number of thioether (sulfide) groups is 1. The third kappa shape index (κ3) is 5.37. The van der Waals surface area contributed by atoms with Gasteiger partial charge in [0.2, 0.25) is 6.79 Å². The van der Waals surface area contributed by atoms with E-state index in [2.05, 4.69) is 41.9 Å². The molecule has 1 fully saturated rings.